The minimum Gasteiger partial charge on any atom is -0.492 e. The molecule has 2 rings (SSSR count). The van der Waals surface area contributed by atoms with Gasteiger partial charge in [0.05, 0.1) is 12.8 Å². The van der Waals surface area contributed by atoms with Crippen LogP contribution in [0.3, 0.4) is 0 Å². The maximum absolute atomic E-state index is 12.0. The molecule has 1 fully saturated rings. The van der Waals surface area contributed by atoms with Gasteiger partial charge < -0.3 is 10.1 Å². The van der Waals surface area contributed by atoms with E-state index in [1.165, 1.54) is 4.31 Å². The van der Waals surface area contributed by atoms with Crippen molar-refractivity contribution in [3.63, 3.8) is 0 Å². The number of carbonyl (C=O) groups excluding carboxylic acids is 1. The van der Waals surface area contributed by atoms with E-state index in [9.17, 15) is 13.2 Å². The molecular weight excluding hydrogens is 292 g/mol. The first-order chi connectivity index (χ1) is 9.98. The molecule has 1 aliphatic rings. The van der Waals surface area contributed by atoms with Crippen LogP contribution in [0.1, 0.15) is 12.8 Å². The van der Waals surface area contributed by atoms with Crippen molar-refractivity contribution in [2.75, 3.05) is 26.0 Å². The Kier molecular flexibility index (Phi) is 5.19. The van der Waals surface area contributed by atoms with Crippen molar-refractivity contribution < 1.29 is 17.9 Å². The van der Waals surface area contributed by atoms with Gasteiger partial charge >= 0.3 is 0 Å². The summed E-state index contributed by atoms with van der Waals surface area (Å²) in [6, 6.07) is 8.73. The molecular formula is C14H20N2O4S. The number of hydrogen-bond acceptors (Lipinski definition) is 4. The molecule has 1 amide bonds. The van der Waals surface area contributed by atoms with Gasteiger partial charge in [0.1, 0.15) is 18.4 Å². The van der Waals surface area contributed by atoms with E-state index in [-0.39, 0.29) is 5.91 Å². The molecule has 1 saturated heterocycles. The molecule has 0 unspecified atom stereocenters. The van der Waals surface area contributed by atoms with Gasteiger partial charge in [0.15, 0.2) is 0 Å². The van der Waals surface area contributed by atoms with Crippen molar-refractivity contribution in [1.29, 1.82) is 0 Å². The van der Waals surface area contributed by atoms with Gasteiger partial charge in [0.2, 0.25) is 15.9 Å². The number of benzene rings is 1. The summed E-state index contributed by atoms with van der Waals surface area (Å²) in [7, 11) is -3.33. The van der Waals surface area contributed by atoms with Crippen LogP contribution in [0.15, 0.2) is 30.3 Å². The zero-order valence-corrected chi connectivity index (χ0v) is 12.8. The highest BCUT2D eigenvalue weighted by Crippen LogP contribution is 2.20. The maximum Gasteiger partial charge on any atom is 0.238 e. The summed E-state index contributed by atoms with van der Waals surface area (Å²) in [6.45, 7) is 1.11. The van der Waals surface area contributed by atoms with E-state index >= 15 is 0 Å². The maximum atomic E-state index is 12.0. The predicted octanol–water partition coefficient (Wildman–Crippen LogP) is 0.606. The van der Waals surface area contributed by atoms with Crippen molar-refractivity contribution in [3.05, 3.63) is 30.3 Å². The van der Waals surface area contributed by atoms with Gasteiger partial charge in [-0.05, 0) is 25.0 Å². The van der Waals surface area contributed by atoms with Crippen LogP contribution in [0.25, 0.3) is 0 Å². The summed E-state index contributed by atoms with van der Waals surface area (Å²) < 4.78 is 29.9. The van der Waals surface area contributed by atoms with E-state index in [0.717, 1.165) is 12.0 Å². The molecule has 1 atom stereocenters. The van der Waals surface area contributed by atoms with Crippen LogP contribution in [0, 0.1) is 0 Å². The van der Waals surface area contributed by atoms with Gasteiger partial charge in [-0.15, -0.1) is 0 Å². The Morgan fingerprint density at radius 2 is 2.10 bits per heavy atom. The van der Waals surface area contributed by atoms with E-state index < -0.39 is 16.1 Å². The van der Waals surface area contributed by atoms with Gasteiger partial charge in [-0.3, -0.25) is 4.79 Å². The largest absolute Gasteiger partial charge is 0.492 e. The van der Waals surface area contributed by atoms with Crippen LogP contribution < -0.4 is 10.1 Å². The first-order valence-corrected chi connectivity index (χ1v) is 8.75. The third-order valence-electron chi connectivity index (χ3n) is 3.35. The van der Waals surface area contributed by atoms with Gasteiger partial charge in [0.25, 0.3) is 0 Å². The van der Waals surface area contributed by atoms with E-state index in [1.807, 2.05) is 30.3 Å². The quantitative estimate of drug-likeness (QED) is 0.781. The average molecular weight is 312 g/mol. The van der Waals surface area contributed by atoms with Crippen molar-refractivity contribution in [2.24, 2.45) is 0 Å². The SMILES string of the molecule is CS(=O)(=O)N1CCC[C@@H]1C(=O)NCCOc1ccccc1. The summed E-state index contributed by atoms with van der Waals surface area (Å²) >= 11 is 0. The minimum atomic E-state index is -3.33. The highest BCUT2D eigenvalue weighted by molar-refractivity contribution is 7.88. The zero-order chi connectivity index (χ0) is 15.3. The topological polar surface area (TPSA) is 75.7 Å². The molecule has 0 spiro atoms. The molecule has 0 aliphatic carbocycles. The molecule has 7 heteroatoms. The molecule has 21 heavy (non-hydrogen) atoms. The molecule has 0 radical (unpaired) electrons. The molecule has 1 aliphatic heterocycles. The van der Waals surface area contributed by atoms with Gasteiger partial charge in [-0.25, -0.2) is 8.42 Å². The number of ether oxygens (including phenoxy) is 1. The first-order valence-electron chi connectivity index (χ1n) is 6.91. The number of hydrogen-bond donors (Lipinski definition) is 1. The van der Waals surface area contributed by atoms with Crippen LogP contribution in [0.2, 0.25) is 0 Å². The summed E-state index contributed by atoms with van der Waals surface area (Å²) in [5.41, 5.74) is 0. The van der Waals surface area contributed by atoms with Crippen molar-refractivity contribution >= 4 is 15.9 Å². The Hall–Kier alpha value is -1.60. The van der Waals surface area contributed by atoms with Crippen LogP contribution in [0.5, 0.6) is 5.75 Å². The van der Waals surface area contributed by atoms with E-state index in [2.05, 4.69) is 5.32 Å². The molecule has 1 N–H and O–H groups in total. The zero-order valence-electron chi connectivity index (χ0n) is 12.0. The summed E-state index contributed by atoms with van der Waals surface area (Å²) in [4.78, 5) is 12.0. The highest BCUT2D eigenvalue weighted by atomic mass is 32.2. The molecule has 0 aromatic heterocycles. The fourth-order valence-corrected chi connectivity index (χ4v) is 3.50. The molecule has 116 valence electrons. The first kappa shape index (κ1) is 15.8. The van der Waals surface area contributed by atoms with Crippen molar-refractivity contribution in [1.82, 2.24) is 9.62 Å². The van der Waals surface area contributed by atoms with Crippen LogP contribution in [0.4, 0.5) is 0 Å². The van der Waals surface area contributed by atoms with Crippen LogP contribution >= 0.6 is 0 Å². The summed E-state index contributed by atoms with van der Waals surface area (Å²) in [6.07, 6.45) is 2.42. The number of para-hydroxylation sites is 1. The number of nitrogens with zero attached hydrogens (tertiary/aromatic N) is 1. The Morgan fingerprint density at radius 3 is 2.76 bits per heavy atom. The molecule has 0 bridgehead atoms. The lowest BCUT2D eigenvalue weighted by atomic mass is 10.2. The second-order valence-electron chi connectivity index (χ2n) is 4.98. The monoisotopic (exact) mass is 312 g/mol. The highest BCUT2D eigenvalue weighted by Gasteiger charge is 2.36. The predicted molar refractivity (Wildman–Crippen MR) is 79.5 cm³/mol. The third-order valence-corrected chi connectivity index (χ3v) is 4.63. The number of rotatable bonds is 6. The van der Waals surface area contributed by atoms with Crippen molar-refractivity contribution in [2.45, 2.75) is 18.9 Å². The Labute approximate surface area is 125 Å². The second kappa shape index (κ2) is 6.91. The lowest BCUT2D eigenvalue weighted by Gasteiger charge is -2.21. The Balaban J connectivity index is 1.77. The lowest BCUT2D eigenvalue weighted by molar-refractivity contribution is -0.124. The van der Waals surface area contributed by atoms with E-state index in [1.54, 1.807) is 0 Å². The molecule has 1 aromatic rings. The number of carbonyl (C=O) groups is 1. The fraction of sp³-hybridized carbons (Fsp3) is 0.500. The van der Waals surface area contributed by atoms with E-state index in [4.69, 9.17) is 4.74 Å². The Bertz CT molecular complexity index is 574. The molecule has 6 nitrogen and oxygen atoms in total. The second-order valence-corrected chi connectivity index (χ2v) is 6.92. The van der Waals surface area contributed by atoms with Crippen LogP contribution in [-0.4, -0.2) is 50.6 Å². The molecule has 0 saturated carbocycles. The third kappa shape index (κ3) is 4.44. The standard InChI is InChI=1S/C14H20N2O4S/c1-21(18,19)16-10-5-8-13(16)14(17)15-9-11-20-12-6-3-2-4-7-12/h2-4,6-7,13H,5,8-11H2,1H3,(H,15,17)/t13-/m1/s1. The number of nitrogens with one attached hydrogen (secondary N) is 1. The smallest absolute Gasteiger partial charge is 0.238 e. The summed E-state index contributed by atoms with van der Waals surface area (Å²) in [5, 5.41) is 2.73. The van der Waals surface area contributed by atoms with E-state index in [0.29, 0.717) is 32.5 Å². The lowest BCUT2D eigenvalue weighted by Crippen LogP contribution is -2.46. The average Bonchev–Trinajstić information content (AvgIpc) is 2.94. The molecule has 1 aromatic carbocycles. The minimum absolute atomic E-state index is 0.255. The van der Waals surface area contributed by atoms with Crippen LogP contribution in [-0.2, 0) is 14.8 Å². The number of sulfonamides is 1. The summed E-state index contributed by atoms with van der Waals surface area (Å²) in [5.74, 6) is 0.486. The Morgan fingerprint density at radius 1 is 1.38 bits per heavy atom. The normalized spacial score (nSPS) is 19.4. The van der Waals surface area contributed by atoms with Gasteiger partial charge in [-0.1, -0.05) is 18.2 Å². The van der Waals surface area contributed by atoms with Gasteiger partial charge in [-0.2, -0.15) is 4.31 Å². The van der Waals surface area contributed by atoms with Crippen molar-refractivity contribution in [3.8, 4) is 5.75 Å². The number of amides is 1. The fourth-order valence-electron chi connectivity index (χ4n) is 2.38. The van der Waals surface area contributed by atoms with Gasteiger partial charge in [0, 0.05) is 6.54 Å². The molecule has 1 heterocycles.